The number of fused-ring (bicyclic) bond motifs is 1. The van der Waals surface area contributed by atoms with Crippen molar-refractivity contribution < 1.29 is 17.6 Å². The van der Waals surface area contributed by atoms with Gasteiger partial charge in [-0.1, -0.05) is 12.1 Å². The number of thiazole rings is 1. The van der Waals surface area contributed by atoms with Crippen LogP contribution in [0.25, 0.3) is 21.3 Å². The van der Waals surface area contributed by atoms with Crippen LogP contribution < -0.4 is 0 Å². The number of nitrogens with zero attached hydrogens (tertiary/aromatic N) is 1. The van der Waals surface area contributed by atoms with Crippen molar-refractivity contribution in [2.75, 3.05) is 0 Å². The van der Waals surface area contributed by atoms with Crippen molar-refractivity contribution in [1.82, 2.24) is 4.98 Å². The SMILES string of the molecule is Fc1cc(-c2ccc3scnc3c2)ccc1C(F)(F)F. The smallest absolute Gasteiger partial charge is 0.245 e. The number of alkyl halides is 3. The molecule has 0 N–H and O–H groups in total. The van der Waals surface area contributed by atoms with E-state index in [1.165, 1.54) is 17.4 Å². The van der Waals surface area contributed by atoms with Gasteiger partial charge in [0.2, 0.25) is 0 Å². The van der Waals surface area contributed by atoms with Crippen molar-refractivity contribution in [1.29, 1.82) is 0 Å². The van der Waals surface area contributed by atoms with E-state index in [9.17, 15) is 17.6 Å². The molecule has 1 aromatic heterocycles. The Morgan fingerprint density at radius 3 is 2.35 bits per heavy atom. The van der Waals surface area contributed by atoms with Gasteiger partial charge in [0.15, 0.2) is 0 Å². The molecule has 3 rings (SSSR count). The Morgan fingerprint density at radius 2 is 1.65 bits per heavy atom. The Morgan fingerprint density at radius 1 is 0.950 bits per heavy atom. The molecular weight excluding hydrogens is 290 g/mol. The minimum atomic E-state index is -4.68. The van der Waals surface area contributed by atoms with E-state index < -0.39 is 17.6 Å². The molecule has 20 heavy (non-hydrogen) atoms. The topological polar surface area (TPSA) is 12.9 Å². The first kappa shape index (κ1) is 13.1. The van der Waals surface area contributed by atoms with E-state index in [1.54, 1.807) is 17.6 Å². The van der Waals surface area contributed by atoms with Crippen LogP contribution in [0.5, 0.6) is 0 Å². The number of hydrogen-bond donors (Lipinski definition) is 0. The predicted molar refractivity (Wildman–Crippen MR) is 70.0 cm³/mol. The fourth-order valence-electron chi connectivity index (χ4n) is 1.96. The maximum Gasteiger partial charge on any atom is 0.419 e. The van der Waals surface area contributed by atoms with Crippen molar-refractivity contribution in [2.24, 2.45) is 0 Å². The van der Waals surface area contributed by atoms with Gasteiger partial charge in [-0.3, -0.25) is 0 Å². The van der Waals surface area contributed by atoms with E-state index >= 15 is 0 Å². The standard InChI is InChI=1S/C14H7F4NS/c15-11-5-8(1-3-10(11)14(16,17)18)9-2-4-13-12(6-9)19-7-20-13/h1-7H. The monoisotopic (exact) mass is 297 g/mol. The van der Waals surface area contributed by atoms with Gasteiger partial charge in [-0.05, 0) is 35.4 Å². The van der Waals surface area contributed by atoms with E-state index in [-0.39, 0.29) is 0 Å². The predicted octanol–water partition coefficient (Wildman–Crippen LogP) is 5.12. The second-order valence-electron chi connectivity index (χ2n) is 4.23. The van der Waals surface area contributed by atoms with Crippen molar-refractivity contribution in [3.05, 3.63) is 53.3 Å². The van der Waals surface area contributed by atoms with Crippen molar-refractivity contribution >= 4 is 21.6 Å². The molecule has 0 radical (unpaired) electrons. The third-order valence-electron chi connectivity index (χ3n) is 2.94. The van der Waals surface area contributed by atoms with Crippen LogP contribution in [-0.2, 0) is 6.18 Å². The summed E-state index contributed by atoms with van der Waals surface area (Å²) in [5.74, 6) is -1.27. The Labute approximate surface area is 115 Å². The number of aromatic nitrogens is 1. The summed E-state index contributed by atoms with van der Waals surface area (Å²) < 4.78 is 52.0. The molecule has 6 heteroatoms. The van der Waals surface area contributed by atoms with E-state index in [0.29, 0.717) is 11.1 Å². The second-order valence-corrected chi connectivity index (χ2v) is 5.11. The number of halogens is 4. The molecule has 0 saturated heterocycles. The molecule has 0 saturated carbocycles. The lowest BCUT2D eigenvalue weighted by Gasteiger charge is -2.09. The molecule has 0 atom stereocenters. The van der Waals surface area contributed by atoms with E-state index in [1.807, 2.05) is 6.07 Å². The molecule has 0 unspecified atom stereocenters. The molecular formula is C14H7F4NS. The first-order chi connectivity index (χ1) is 9.45. The summed E-state index contributed by atoms with van der Waals surface area (Å²) in [6, 6.07) is 8.21. The van der Waals surface area contributed by atoms with Gasteiger partial charge in [0.1, 0.15) is 5.82 Å². The van der Waals surface area contributed by atoms with Gasteiger partial charge in [0.05, 0.1) is 21.3 Å². The summed E-state index contributed by atoms with van der Waals surface area (Å²) in [4.78, 5) is 4.13. The highest BCUT2D eigenvalue weighted by Crippen LogP contribution is 2.34. The van der Waals surface area contributed by atoms with Gasteiger partial charge in [-0.15, -0.1) is 11.3 Å². The Kier molecular flexibility index (Phi) is 2.97. The van der Waals surface area contributed by atoms with Gasteiger partial charge < -0.3 is 0 Å². The van der Waals surface area contributed by atoms with E-state index in [4.69, 9.17) is 0 Å². The fraction of sp³-hybridized carbons (Fsp3) is 0.0714. The van der Waals surface area contributed by atoms with Gasteiger partial charge >= 0.3 is 6.18 Å². The lowest BCUT2D eigenvalue weighted by Crippen LogP contribution is -2.07. The molecule has 2 aromatic carbocycles. The van der Waals surface area contributed by atoms with Gasteiger partial charge in [-0.2, -0.15) is 13.2 Å². The molecule has 102 valence electrons. The Hall–Kier alpha value is -1.95. The Bertz CT molecular complexity index is 776. The molecule has 0 amide bonds. The highest BCUT2D eigenvalue weighted by Gasteiger charge is 2.33. The average Bonchev–Trinajstić information content (AvgIpc) is 2.84. The van der Waals surface area contributed by atoms with Crippen molar-refractivity contribution in [2.45, 2.75) is 6.18 Å². The van der Waals surface area contributed by atoms with Crippen LogP contribution in [0.3, 0.4) is 0 Å². The third-order valence-corrected chi connectivity index (χ3v) is 3.75. The summed E-state index contributed by atoms with van der Waals surface area (Å²) in [6.45, 7) is 0. The van der Waals surface area contributed by atoms with Crippen LogP contribution in [0.1, 0.15) is 5.56 Å². The lowest BCUT2D eigenvalue weighted by atomic mass is 10.0. The number of benzene rings is 2. The summed E-state index contributed by atoms with van der Waals surface area (Å²) in [6.07, 6.45) is -4.68. The molecule has 0 aliphatic heterocycles. The Balaban J connectivity index is 2.08. The lowest BCUT2D eigenvalue weighted by molar-refractivity contribution is -0.139. The van der Waals surface area contributed by atoms with E-state index in [0.717, 1.165) is 22.3 Å². The highest BCUT2D eigenvalue weighted by molar-refractivity contribution is 7.16. The van der Waals surface area contributed by atoms with Gasteiger partial charge in [0, 0.05) is 0 Å². The maximum atomic E-state index is 13.6. The van der Waals surface area contributed by atoms with Gasteiger partial charge in [-0.25, -0.2) is 9.37 Å². The zero-order valence-electron chi connectivity index (χ0n) is 9.91. The van der Waals surface area contributed by atoms with Gasteiger partial charge in [0.25, 0.3) is 0 Å². The average molecular weight is 297 g/mol. The summed E-state index contributed by atoms with van der Waals surface area (Å²) in [7, 11) is 0. The first-order valence-corrected chi connectivity index (χ1v) is 6.53. The zero-order valence-corrected chi connectivity index (χ0v) is 10.7. The first-order valence-electron chi connectivity index (χ1n) is 5.65. The maximum absolute atomic E-state index is 13.6. The molecule has 0 spiro atoms. The molecule has 1 heterocycles. The van der Waals surface area contributed by atoms with Crippen LogP contribution >= 0.6 is 11.3 Å². The molecule has 0 fully saturated rings. The number of rotatable bonds is 1. The fourth-order valence-corrected chi connectivity index (χ4v) is 2.62. The molecule has 1 nitrogen and oxygen atoms in total. The third kappa shape index (κ3) is 2.27. The molecule has 0 aliphatic carbocycles. The molecule has 0 aliphatic rings. The normalized spacial score (nSPS) is 12.0. The summed E-state index contributed by atoms with van der Waals surface area (Å²) >= 11 is 1.47. The molecule has 0 bridgehead atoms. The van der Waals surface area contributed by atoms with Crippen LogP contribution in [0, 0.1) is 5.82 Å². The zero-order chi connectivity index (χ0) is 14.3. The quantitative estimate of drug-likeness (QED) is 0.568. The van der Waals surface area contributed by atoms with Crippen LogP contribution in [-0.4, -0.2) is 4.98 Å². The van der Waals surface area contributed by atoms with Crippen LogP contribution in [0.2, 0.25) is 0 Å². The minimum Gasteiger partial charge on any atom is -0.245 e. The highest BCUT2D eigenvalue weighted by atomic mass is 32.1. The van der Waals surface area contributed by atoms with E-state index in [2.05, 4.69) is 4.98 Å². The van der Waals surface area contributed by atoms with Crippen molar-refractivity contribution in [3.8, 4) is 11.1 Å². The molecule has 3 aromatic rings. The minimum absolute atomic E-state index is 0.394. The summed E-state index contributed by atoms with van der Waals surface area (Å²) in [5, 5.41) is 0. The number of hydrogen-bond acceptors (Lipinski definition) is 2. The van der Waals surface area contributed by atoms with Crippen LogP contribution in [0.4, 0.5) is 17.6 Å². The van der Waals surface area contributed by atoms with Crippen LogP contribution in [0.15, 0.2) is 41.9 Å². The van der Waals surface area contributed by atoms with Crippen molar-refractivity contribution in [3.63, 3.8) is 0 Å². The second kappa shape index (κ2) is 4.56. The summed E-state index contributed by atoms with van der Waals surface area (Å²) in [5.41, 5.74) is 2.20. The largest absolute Gasteiger partial charge is 0.419 e.